The van der Waals surface area contributed by atoms with Crippen molar-refractivity contribution in [2.45, 2.75) is 18.9 Å². The van der Waals surface area contributed by atoms with E-state index >= 15 is 0 Å². The van der Waals surface area contributed by atoms with Crippen molar-refractivity contribution in [1.82, 2.24) is 10.2 Å². The smallest absolute Gasteiger partial charge is 0.310 e. The molecule has 1 aliphatic carbocycles. The first-order valence-corrected chi connectivity index (χ1v) is 4.91. The van der Waals surface area contributed by atoms with Crippen LogP contribution in [0.25, 0.3) is 0 Å². The fraction of sp³-hybridized carbons (Fsp3) is 0.778. The highest BCUT2D eigenvalue weighted by molar-refractivity contribution is 5.82. The van der Waals surface area contributed by atoms with Crippen LogP contribution in [0.5, 0.6) is 0 Å². The predicted molar refractivity (Wildman–Crippen MR) is 48.7 cm³/mol. The monoisotopic (exact) mass is 198 g/mol. The lowest BCUT2D eigenvalue weighted by molar-refractivity contribution is -0.152. The van der Waals surface area contributed by atoms with E-state index in [0.717, 1.165) is 12.8 Å². The van der Waals surface area contributed by atoms with Crippen LogP contribution in [0.15, 0.2) is 0 Å². The molecule has 0 bridgehead atoms. The van der Waals surface area contributed by atoms with Gasteiger partial charge in [0.25, 0.3) is 0 Å². The molecular formula is C9H14N2O3. The summed E-state index contributed by atoms with van der Waals surface area (Å²) in [5.41, 5.74) is 0. The Kier molecular flexibility index (Phi) is 2.41. The molecule has 2 rings (SSSR count). The molecule has 0 spiro atoms. The molecule has 1 saturated heterocycles. The third kappa shape index (κ3) is 2.04. The lowest BCUT2D eigenvalue weighted by Crippen LogP contribution is -2.55. The van der Waals surface area contributed by atoms with Crippen molar-refractivity contribution in [3.63, 3.8) is 0 Å². The van der Waals surface area contributed by atoms with Crippen molar-refractivity contribution < 1.29 is 14.7 Å². The number of rotatable bonds is 4. The normalized spacial score (nSPS) is 21.9. The summed E-state index contributed by atoms with van der Waals surface area (Å²) in [4.78, 5) is 23.5. The summed E-state index contributed by atoms with van der Waals surface area (Å²) < 4.78 is 0. The van der Waals surface area contributed by atoms with Crippen molar-refractivity contribution in [3.05, 3.63) is 0 Å². The summed E-state index contributed by atoms with van der Waals surface area (Å²) in [5.74, 6) is -1.13. The molecule has 1 saturated carbocycles. The van der Waals surface area contributed by atoms with E-state index in [4.69, 9.17) is 5.11 Å². The number of likely N-dealkylation sites (tertiary alicyclic amines) is 1. The van der Waals surface area contributed by atoms with Gasteiger partial charge in [0.1, 0.15) is 0 Å². The van der Waals surface area contributed by atoms with Crippen LogP contribution in [-0.2, 0) is 9.59 Å². The van der Waals surface area contributed by atoms with Crippen molar-refractivity contribution in [2.75, 3.05) is 19.6 Å². The average molecular weight is 198 g/mol. The van der Waals surface area contributed by atoms with Gasteiger partial charge >= 0.3 is 5.97 Å². The van der Waals surface area contributed by atoms with Crippen LogP contribution in [-0.4, -0.2) is 47.6 Å². The molecule has 0 unspecified atom stereocenters. The quantitative estimate of drug-likeness (QED) is 0.625. The topological polar surface area (TPSA) is 69.6 Å². The third-order valence-corrected chi connectivity index (χ3v) is 2.70. The molecule has 14 heavy (non-hydrogen) atoms. The Morgan fingerprint density at radius 1 is 1.36 bits per heavy atom. The summed E-state index contributed by atoms with van der Waals surface area (Å²) in [6.07, 6.45) is 2.32. The maximum Gasteiger partial charge on any atom is 0.310 e. The highest BCUT2D eigenvalue weighted by atomic mass is 16.4. The standard InChI is InChI=1S/C9H14N2O3/c12-8(3-10-7-1-2-7)11-4-6(5-11)9(13)14/h6-7,10H,1-5H2,(H,13,14). The Morgan fingerprint density at radius 3 is 2.50 bits per heavy atom. The van der Waals surface area contributed by atoms with E-state index in [-0.39, 0.29) is 11.8 Å². The average Bonchev–Trinajstić information content (AvgIpc) is 2.79. The molecular weight excluding hydrogens is 184 g/mol. The first-order chi connectivity index (χ1) is 6.66. The molecule has 2 fully saturated rings. The third-order valence-electron chi connectivity index (χ3n) is 2.70. The Labute approximate surface area is 82.1 Å². The lowest BCUT2D eigenvalue weighted by atomic mass is 10.0. The first-order valence-electron chi connectivity index (χ1n) is 4.91. The van der Waals surface area contributed by atoms with Gasteiger partial charge in [0.2, 0.25) is 5.91 Å². The van der Waals surface area contributed by atoms with Gasteiger partial charge in [-0.1, -0.05) is 0 Å². The van der Waals surface area contributed by atoms with Crippen LogP contribution in [0.2, 0.25) is 0 Å². The van der Waals surface area contributed by atoms with Crippen LogP contribution in [0.4, 0.5) is 0 Å². The van der Waals surface area contributed by atoms with Crippen LogP contribution in [0.3, 0.4) is 0 Å². The number of hydrogen-bond acceptors (Lipinski definition) is 3. The molecule has 0 atom stereocenters. The molecule has 0 aromatic rings. The highest BCUT2D eigenvalue weighted by Crippen LogP contribution is 2.19. The lowest BCUT2D eigenvalue weighted by Gasteiger charge is -2.36. The van der Waals surface area contributed by atoms with E-state index in [1.807, 2.05) is 0 Å². The number of nitrogens with zero attached hydrogens (tertiary/aromatic N) is 1. The van der Waals surface area contributed by atoms with Gasteiger partial charge in [-0.15, -0.1) is 0 Å². The second kappa shape index (κ2) is 3.57. The number of amides is 1. The maximum absolute atomic E-state index is 11.4. The molecule has 78 valence electrons. The molecule has 1 amide bonds. The van der Waals surface area contributed by atoms with Gasteiger partial charge in [-0.3, -0.25) is 9.59 Å². The first kappa shape index (κ1) is 9.45. The van der Waals surface area contributed by atoms with Crippen LogP contribution >= 0.6 is 0 Å². The number of carboxylic acid groups (broad SMARTS) is 1. The van der Waals surface area contributed by atoms with Gasteiger partial charge in [-0.2, -0.15) is 0 Å². The Bertz CT molecular complexity index is 257. The minimum Gasteiger partial charge on any atom is -0.481 e. The molecule has 2 aliphatic rings. The molecule has 1 heterocycles. The second-order valence-corrected chi connectivity index (χ2v) is 3.99. The van der Waals surface area contributed by atoms with E-state index in [9.17, 15) is 9.59 Å². The Hall–Kier alpha value is -1.10. The van der Waals surface area contributed by atoms with Crippen LogP contribution in [0, 0.1) is 5.92 Å². The zero-order valence-electron chi connectivity index (χ0n) is 7.90. The fourth-order valence-electron chi connectivity index (χ4n) is 1.47. The zero-order valence-corrected chi connectivity index (χ0v) is 7.90. The zero-order chi connectivity index (χ0) is 10.1. The predicted octanol–water partition coefficient (Wildman–Crippen LogP) is -0.719. The van der Waals surface area contributed by atoms with Crippen LogP contribution < -0.4 is 5.32 Å². The Balaban J connectivity index is 1.65. The summed E-state index contributed by atoms with van der Waals surface area (Å²) in [6, 6.07) is 0.524. The number of aliphatic carboxylic acids is 1. The van der Waals surface area contributed by atoms with Gasteiger partial charge in [-0.05, 0) is 12.8 Å². The van der Waals surface area contributed by atoms with Gasteiger partial charge in [0, 0.05) is 19.1 Å². The van der Waals surface area contributed by atoms with Gasteiger partial charge in [0.05, 0.1) is 12.5 Å². The number of carbonyl (C=O) groups excluding carboxylic acids is 1. The minimum absolute atomic E-state index is 0.0226. The van der Waals surface area contributed by atoms with Gasteiger partial charge < -0.3 is 15.3 Å². The molecule has 0 aromatic heterocycles. The van der Waals surface area contributed by atoms with Gasteiger partial charge in [-0.25, -0.2) is 0 Å². The van der Waals surface area contributed by atoms with Crippen molar-refractivity contribution in [3.8, 4) is 0 Å². The van der Waals surface area contributed by atoms with Crippen LogP contribution in [0.1, 0.15) is 12.8 Å². The summed E-state index contributed by atoms with van der Waals surface area (Å²) >= 11 is 0. The number of hydrogen-bond donors (Lipinski definition) is 2. The number of nitrogens with one attached hydrogen (secondary N) is 1. The number of carboxylic acids is 1. The van der Waals surface area contributed by atoms with E-state index in [1.165, 1.54) is 0 Å². The molecule has 0 radical (unpaired) electrons. The van der Waals surface area contributed by atoms with E-state index in [1.54, 1.807) is 4.90 Å². The summed E-state index contributed by atoms with van der Waals surface area (Å²) in [7, 11) is 0. The molecule has 5 nitrogen and oxygen atoms in total. The maximum atomic E-state index is 11.4. The summed E-state index contributed by atoms with van der Waals surface area (Å²) in [6.45, 7) is 1.11. The Morgan fingerprint density at radius 2 is 2.00 bits per heavy atom. The largest absolute Gasteiger partial charge is 0.481 e. The van der Waals surface area contributed by atoms with Crippen molar-refractivity contribution in [2.24, 2.45) is 5.92 Å². The van der Waals surface area contributed by atoms with Gasteiger partial charge in [0.15, 0.2) is 0 Å². The second-order valence-electron chi connectivity index (χ2n) is 3.99. The van der Waals surface area contributed by atoms with E-state index in [0.29, 0.717) is 25.7 Å². The summed E-state index contributed by atoms with van der Waals surface area (Å²) in [5, 5.41) is 11.7. The highest BCUT2D eigenvalue weighted by Gasteiger charge is 2.35. The van der Waals surface area contributed by atoms with Crippen molar-refractivity contribution in [1.29, 1.82) is 0 Å². The molecule has 0 aromatic carbocycles. The van der Waals surface area contributed by atoms with Crippen molar-refractivity contribution >= 4 is 11.9 Å². The fourth-order valence-corrected chi connectivity index (χ4v) is 1.47. The molecule has 1 aliphatic heterocycles. The molecule has 2 N–H and O–H groups in total. The SMILES string of the molecule is O=C(O)C1CN(C(=O)CNC2CC2)C1. The number of carbonyl (C=O) groups is 2. The van der Waals surface area contributed by atoms with E-state index in [2.05, 4.69) is 5.32 Å². The van der Waals surface area contributed by atoms with E-state index < -0.39 is 5.97 Å². The molecule has 5 heteroatoms. The minimum atomic E-state index is -0.802.